The van der Waals surface area contributed by atoms with Gasteiger partial charge in [-0.25, -0.2) is 4.98 Å². The predicted octanol–water partition coefficient (Wildman–Crippen LogP) is 3.93. The molecule has 0 aliphatic heterocycles. The third kappa shape index (κ3) is 4.20. The maximum Gasteiger partial charge on any atom is 0.230 e. The van der Waals surface area contributed by atoms with Crippen LogP contribution in [0.3, 0.4) is 0 Å². The Labute approximate surface area is 144 Å². The van der Waals surface area contributed by atoms with Crippen molar-refractivity contribution < 1.29 is 9.90 Å². The number of hydrogen-bond donors (Lipinski definition) is 2. The van der Waals surface area contributed by atoms with Gasteiger partial charge >= 0.3 is 0 Å². The van der Waals surface area contributed by atoms with Crippen molar-refractivity contribution in [2.75, 3.05) is 5.32 Å². The Kier molecular flexibility index (Phi) is 4.91. The van der Waals surface area contributed by atoms with Gasteiger partial charge in [-0.15, -0.1) is 11.3 Å². The van der Waals surface area contributed by atoms with Gasteiger partial charge in [0.2, 0.25) is 5.91 Å². The minimum atomic E-state index is -0.188. The number of benzene rings is 2. The Morgan fingerprint density at radius 1 is 1.21 bits per heavy atom. The van der Waals surface area contributed by atoms with Crippen LogP contribution in [-0.4, -0.2) is 16.0 Å². The summed E-state index contributed by atoms with van der Waals surface area (Å²) in [5, 5.41) is 15.4. The summed E-state index contributed by atoms with van der Waals surface area (Å²) in [6, 6.07) is 15.2. The maximum atomic E-state index is 12.2. The molecule has 0 saturated heterocycles. The number of nitrogens with one attached hydrogen (secondary N) is 1. The van der Waals surface area contributed by atoms with E-state index >= 15 is 0 Å². The number of aromatic nitrogens is 1. The molecule has 0 aliphatic carbocycles. The first kappa shape index (κ1) is 16.2. The molecular formula is C19H18N2O2S. The summed E-state index contributed by atoms with van der Waals surface area (Å²) >= 11 is 1.56. The van der Waals surface area contributed by atoms with Crippen LogP contribution in [0.2, 0.25) is 0 Å². The fourth-order valence-corrected chi connectivity index (χ4v) is 3.22. The van der Waals surface area contributed by atoms with Gasteiger partial charge in [-0.2, -0.15) is 0 Å². The maximum absolute atomic E-state index is 12.2. The second-order valence-electron chi connectivity index (χ2n) is 5.64. The standard InChI is InChI=1S/C19H18N2O2S/c1-13-7-8-17(22)16(9-13)21-18(23)11-15-12-24-19(20-15)10-14-5-3-2-4-6-14/h2-9,12,22H,10-11H2,1H3,(H,21,23). The van der Waals surface area contributed by atoms with Crippen LogP contribution in [0.4, 0.5) is 5.69 Å². The highest BCUT2D eigenvalue weighted by atomic mass is 32.1. The van der Waals surface area contributed by atoms with E-state index < -0.39 is 0 Å². The van der Waals surface area contributed by atoms with Crippen LogP contribution in [-0.2, 0) is 17.6 Å². The number of nitrogens with zero attached hydrogens (tertiary/aromatic N) is 1. The SMILES string of the molecule is Cc1ccc(O)c(NC(=O)Cc2csc(Cc3ccccc3)n2)c1. The van der Waals surface area contributed by atoms with E-state index in [1.54, 1.807) is 29.5 Å². The number of aryl methyl sites for hydroxylation is 1. The van der Waals surface area contributed by atoms with Gasteiger partial charge in [-0.3, -0.25) is 4.79 Å². The van der Waals surface area contributed by atoms with E-state index in [1.807, 2.05) is 30.5 Å². The zero-order valence-corrected chi connectivity index (χ0v) is 14.1. The van der Waals surface area contributed by atoms with Crippen molar-refractivity contribution in [2.45, 2.75) is 19.8 Å². The van der Waals surface area contributed by atoms with E-state index in [2.05, 4.69) is 22.4 Å². The van der Waals surface area contributed by atoms with Gasteiger partial charge < -0.3 is 10.4 Å². The second kappa shape index (κ2) is 7.27. The molecule has 4 nitrogen and oxygen atoms in total. The van der Waals surface area contributed by atoms with E-state index in [0.717, 1.165) is 22.7 Å². The molecule has 0 fully saturated rings. The minimum Gasteiger partial charge on any atom is -0.506 e. The van der Waals surface area contributed by atoms with Crippen molar-refractivity contribution in [1.82, 2.24) is 4.98 Å². The van der Waals surface area contributed by atoms with Gasteiger partial charge in [0.25, 0.3) is 0 Å². The highest BCUT2D eigenvalue weighted by molar-refractivity contribution is 7.09. The monoisotopic (exact) mass is 338 g/mol. The predicted molar refractivity (Wildman–Crippen MR) is 96.5 cm³/mol. The molecule has 1 heterocycles. The summed E-state index contributed by atoms with van der Waals surface area (Å²) in [5.74, 6) is -0.121. The molecule has 0 radical (unpaired) electrons. The van der Waals surface area contributed by atoms with Crippen LogP contribution >= 0.6 is 11.3 Å². The number of anilines is 1. The second-order valence-corrected chi connectivity index (χ2v) is 6.58. The van der Waals surface area contributed by atoms with Gasteiger partial charge in [-0.1, -0.05) is 36.4 Å². The molecule has 24 heavy (non-hydrogen) atoms. The van der Waals surface area contributed by atoms with Crippen molar-refractivity contribution in [2.24, 2.45) is 0 Å². The molecule has 0 bridgehead atoms. The summed E-state index contributed by atoms with van der Waals surface area (Å²) < 4.78 is 0. The number of rotatable bonds is 5. The number of aromatic hydroxyl groups is 1. The summed E-state index contributed by atoms with van der Waals surface area (Å²) in [6.45, 7) is 1.91. The average molecular weight is 338 g/mol. The minimum absolute atomic E-state index is 0.0667. The molecule has 3 aromatic rings. The van der Waals surface area contributed by atoms with Crippen LogP contribution in [0.5, 0.6) is 5.75 Å². The first-order valence-corrected chi connectivity index (χ1v) is 8.55. The summed E-state index contributed by atoms with van der Waals surface area (Å²) in [6.07, 6.45) is 0.963. The Morgan fingerprint density at radius 2 is 2.00 bits per heavy atom. The van der Waals surface area contributed by atoms with Crippen molar-refractivity contribution in [3.63, 3.8) is 0 Å². The van der Waals surface area contributed by atoms with Crippen LogP contribution in [0.15, 0.2) is 53.9 Å². The van der Waals surface area contributed by atoms with E-state index in [9.17, 15) is 9.90 Å². The van der Waals surface area contributed by atoms with Gasteiger partial charge in [-0.05, 0) is 30.2 Å². The zero-order chi connectivity index (χ0) is 16.9. The van der Waals surface area contributed by atoms with Crippen LogP contribution < -0.4 is 5.32 Å². The number of thiazole rings is 1. The van der Waals surface area contributed by atoms with Crippen LogP contribution in [0.25, 0.3) is 0 Å². The van der Waals surface area contributed by atoms with Gasteiger partial charge in [0.05, 0.1) is 22.8 Å². The van der Waals surface area contributed by atoms with E-state index in [1.165, 1.54) is 5.56 Å². The first-order valence-electron chi connectivity index (χ1n) is 7.67. The quantitative estimate of drug-likeness (QED) is 0.693. The molecule has 1 aromatic heterocycles. The van der Waals surface area contributed by atoms with Crippen LogP contribution in [0.1, 0.15) is 21.8 Å². The Balaban J connectivity index is 1.62. The highest BCUT2D eigenvalue weighted by Gasteiger charge is 2.10. The van der Waals surface area contributed by atoms with Gasteiger partial charge in [0.1, 0.15) is 5.75 Å². The molecule has 0 unspecified atom stereocenters. The molecule has 1 amide bonds. The van der Waals surface area contributed by atoms with Crippen molar-refractivity contribution in [3.05, 3.63) is 75.7 Å². The molecule has 5 heteroatoms. The van der Waals surface area contributed by atoms with Crippen LogP contribution in [0, 0.1) is 6.92 Å². The molecule has 0 spiro atoms. The van der Waals surface area contributed by atoms with Crippen molar-refractivity contribution in [3.8, 4) is 5.75 Å². The van der Waals surface area contributed by atoms with E-state index in [-0.39, 0.29) is 18.1 Å². The molecule has 2 N–H and O–H groups in total. The number of hydrogen-bond acceptors (Lipinski definition) is 4. The smallest absolute Gasteiger partial charge is 0.230 e. The molecule has 122 valence electrons. The topological polar surface area (TPSA) is 62.2 Å². The average Bonchev–Trinajstić information content (AvgIpc) is 2.98. The Morgan fingerprint density at radius 3 is 2.79 bits per heavy atom. The van der Waals surface area contributed by atoms with Gasteiger partial charge in [0.15, 0.2) is 0 Å². The number of carbonyl (C=O) groups is 1. The third-order valence-electron chi connectivity index (χ3n) is 3.57. The van der Waals surface area contributed by atoms with E-state index in [4.69, 9.17) is 0 Å². The van der Waals surface area contributed by atoms with Crippen molar-refractivity contribution >= 4 is 22.9 Å². The van der Waals surface area contributed by atoms with E-state index in [0.29, 0.717) is 5.69 Å². The fraction of sp³-hybridized carbons (Fsp3) is 0.158. The normalized spacial score (nSPS) is 10.5. The van der Waals surface area contributed by atoms with Gasteiger partial charge in [0, 0.05) is 11.8 Å². The lowest BCUT2D eigenvalue weighted by atomic mass is 10.2. The molecule has 0 saturated carbocycles. The fourth-order valence-electron chi connectivity index (χ4n) is 2.39. The molecular weight excluding hydrogens is 320 g/mol. The number of carbonyl (C=O) groups excluding carboxylic acids is 1. The lowest BCUT2D eigenvalue weighted by Gasteiger charge is -2.07. The summed E-state index contributed by atoms with van der Waals surface area (Å²) in [4.78, 5) is 16.7. The number of amides is 1. The molecule has 3 rings (SSSR count). The first-order chi connectivity index (χ1) is 11.6. The van der Waals surface area contributed by atoms with Crippen molar-refractivity contribution in [1.29, 1.82) is 0 Å². The third-order valence-corrected chi connectivity index (χ3v) is 4.46. The summed E-state index contributed by atoms with van der Waals surface area (Å²) in [5.41, 5.74) is 3.35. The molecule has 0 atom stereocenters. The number of phenolic OH excluding ortho intramolecular Hbond substituents is 1. The Bertz CT molecular complexity index is 844. The zero-order valence-electron chi connectivity index (χ0n) is 13.3. The lowest BCUT2D eigenvalue weighted by molar-refractivity contribution is -0.115. The summed E-state index contributed by atoms with van der Waals surface area (Å²) in [7, 11) is 0. The number of phenols is 1. The Hall–Kier alpha value is -2.66. The lowest BCUT2D eigenvalue weighted by Crippen LogP contribution is -2.14. The molecule has 0 aliphatic rings. The highest BCUT2D eigenvalue weighted by Crippen LogP contribution is 2.24. The molecule has 2 aromatic carbocycles. The largest absolute Gasteiger partial charge is 0.506 e.